The van der Waals surface area contributed by atoms with E-state index in [1.54, 1.807) is 20.8 Å². The molecule has 54 heavy (non-hydrogen) atoms. The van der Waals surface area contributed by atoms with Crippen LogP contribution in [0.15, 0.2) is 24.8 Å². The van der Waals surface area contributed by atoms with Crippen LogP contribution in [0, 0.1) is 23.0 Å². The number of amides is 1. The molecule has 2 aromatic carbocycles. The number of nitrogens with zero attached hydrogens (tertiary/aromatic N) is 5. The van der Waals surface area contributed by atoms with Gasteiger partial charge in [-0.2, -0.15) is 15.2 Å². The number of thiophene rings is 1. The summed E-state index contributed by atoms with van der Waals surface area (Å²) in [5.41, 5.74) is -2.31. The Morgan fingerprint density at radius 3 is 2.78 bits per heavy atom. The number of carbonyl (C=O) groups is 1. The molecule has 0 radical (unpaired) electrons. The number of benzene rings is 2. The van der Waals surface area contributed by atoms with Crippen molar-refractivity contribution in [3.05, 3.63) is 47.0 Å². The van der Waals surface area contributed by atoms with Crippen LogP contribution in [0.2, 0.25) is 5.02 Å². The number of hydrogen-bond donors (Lipinski definition) is 1. The zero-order chi connectivity index (χ0) is 38.7. The van der Waals surface area contributed by atoms with Crippen LogP contribution in [0.4, 0.5) is 37.6 Å². The smallest absolute Gasteiger partial charge is 0.412 e. The lowest BCUT2D eigenvalue weighted by atomic mass is 9.95. The number of hydrogen-bond acceptors (Lipinski definition) is 10. The monoisotopic (exact) mass is 790 g/mol. The van der Waals surface area contributed by atoms with E-state index in [4.69, 9.17) is 25.8 Å². The second-order valence-corrected chi connectivity index (χ2v) is 16.0. The molecule has 3 atom stereocenters. The van der Waals surface area contributed by atoms with Crippen LogP contribution in [0.1, 0.15) is 52.0 Å². The molecule has 1 amide bonds. The molecule has 0 saturated carbocycles. The summed E-state index contributed by atoms with van der Waals surface area (Å²) < 4.78 is 92.3. The predicted octanol–water partition coefficient (Wildman–Crippen LogP) is 9.03. The van der Waals surface area contributed by atoms with E-state index >= 15 is 8.78 Å². The molecule has 17 heteroatoms. The number of fused-ring (bicyclic) bond motifs is 2. The average molecular weight is 791 g/mol. The van der Waals surface area contributed by atoms with E-state index < -0.39 is 53.9 Å². The highest BCUT2D eigenvalue weighted by atomic mass is 35.5. The Bertz CT molecular complexity index is 2210. The second-order valence-electron chi connectivity index (χ2n) is 14.6. The molecule has 3 aliphatic rings. The van der Waals surface area contributed by atoms with Crippen molar-refractivity contribution in [1.29, 1.82) is 5.26 Å². The number of nitrogens with one attached hydrogen (secondary N) is 1. The Hall–Kier alpha value is -4.46. The van der Waals surface area contributed by atoms with Crippen LogP contribution in [0.5, 0.6) is 11.8 Å². The van der Waals surface area contributed by atoms with Crippen LogP contribution in [-0.2, 0) is 4.74 Å². The van der Waals surface area contributed by atoms with Crippen LogP contribution < -0.4 is 19.7 Å². The molecule has 2 aromatic heterocycles. The highest BCUT2D eigenvalue weighted by molar-refractivity contribution is 7.23. The van der Waals surface area contributed by atoms with Gasteiger partial charge in [-0.1, -0.05) is 23.7 Å². The number of anilines is 2. The van der Waals surface area contributed by atoms with E-state index in [0.29, 0.717) is 13.0 Å². The van der Waals surface area contributed by atoms with Crippen LogP contribution in [0.25, 0.3) is 32.1 Å². The van der Waals surface area contributed by atoms with E-state index in [-0.39, 0.29) is 98.0 Å². The summed E-state index contributed by atoms with van der Waals surface area (Å²) in [5.74, 6) is -1.83. The number of halogens is 6. The molecule has 7 rings (SSSR count). The van der Waals surface area contributed by atoms with Gasteiger partial charge in [-0.05, 0) is 51.8 Å². The van der Waals surface area contributed by atoms with Crippen LogP contribution >= 0.6 is 22.9 Å². The molecule has 0 bridgehead atoms. The van der Waals surface area contributed by atoms with Crippen molar-refractivity contribution in [3.8, 4) is 29.0 Å². The first-order chi connectivity index (χ1) is 25.6. The number of rotatable bonds is 9. The van der Waals surface area contributed by atoms with Crippen LogP contribution in [0.3, 0.4) is 0 Å². The lowest BCUT2D eigenvalue weighted by molar-refractivity contribution is 0.0636. The van der Waals surface area contributed by atoms with Gasteiger partial charge in [-0.25, -0.2) is 26.7 Å². The zero-order valence-electron chi connectivity index (χ0n) is 29.6. The molecule has 286 valence electrons. The SMILES string of the molecule is C=C[C@H]1COc2c(Cl)c(-c3ccc(F)c4sc(NC(=O)OC(C)(C)C)c(C#N)c34)c(F)c3nc(OC[C@@]45CCCN4C[C@H](F)C5)nc(c23)N1CCC(F)F. The van der Waals surface area contributed by atoms with Gasteiger partial charge in [-0.15, -0.1) is 17.9 Å². The van der Waals surface area contributed by atoms with Crippen molar-refractivity contribution >= 4 is 60.8 Å². The molecule has 3 aliphatic heterocycles. The molecule has 0 unspecified atom stereocenters. The highest BCUT2D eigenvalue weighted by Gasteiger charge is 2.49. The summed E-state index contributed by atoms with van der Waals surface area (Å²) in [7, 11) is 0. The van der Waals surface area contributed by atoms with Crippen LogP contribution in [-0.4, -0.2) is 83.6 Å². The van der Waals surface area contributed by atoms with E-state index in [1.807, 2.05) is 11.0 Å². The van der Waals surface area contributed by atoms with Crippen molar-refractivity contribution in [1.82, 2.24) is 14.9 Å². The molecule has 2 fully saturated rings. The zero-order valence-corrected chi connectivity index (χ0v) is 31.2. The van der Waals surface area contributed by atoms with Crippen molar-refractivity contribution in [2.45, 2.75) is 76.2 Å². The Morgan fingerprint density at radius 2 is 2.07 bits per heavy atom. The first-order valence-electron chi connectivity index (χ1n) is 17.3. The number of ether oxygens (including phenoxy) is 3. The summed E-state index contributed by atoms with van der Waals surface area (Å²) in [6.07, 6.45) is -1.92. The maximum absolute atomic E-state index is 17.4. The first-order valence-corrected chi connectivity index (χ1v) is 18.5. The van der Waals surface area contributed by atoms with Gasteiger partial charge >= 0.3 is 12.1 Å². The van der Waals surface area contributed by atoms with Crippen molar-refractivity contribution in [2.75, 3.05) is 43.1 Å². The van der Waals surface area contributed by atoms with Crippen molar-refractivity contribution in [3.63, 3.8) is 0 Å². The quantitative estimate of drug-likeness (QED) is 0.131. The minimum atomic E-state index is -2.67. The molecule has 1 N–H and O–H groups in total. The molecular weight excluding hydrogens is 755 g/mol. The highest BCUT2D eigenvalue weighted by Crippen LogP contribution is 2.51. The van der Waals surface area contributed by atoms with E-state index in [1.165, 1.54) is 17.0 Å². The summed E-state index contributed by atoms with van der Waals surface area (Å²) in [6, 6.07) is 3.32. The molecule has 10 nitrogen and oxygen atoms in total. The average Bonchev–Trinajstić information content (AvgIpc) is 3.72. The number of carbonyl (C=O) groups excluding carboxylic acids is 1. The summed E-state index contributed by atoms with van der Waals surface area (Å²) >= 11 is 7.77. The fourth-order valence-electron chi connectivity index (χ4n) is 7.62. The molecule has 0 aliphatic carbocycles. The molecule has 5 heterocycles. The van der Waals surface area contributed by atoms with Gasteiger partial charge in [0.15, 0.2) is 11.6 Å². The lowest BCUT2D eigenvalue weighted by Crippen LogP contribution is -2.43. The normalized spacial score (nSPS) is 21.2. The molecule has 0 spiro atoms. The standard InChI is InChI=1S/C37H36ClF5N6O4S/c1-5-19-16-51-30-26-29(45-34(46-32(26)49(19)12-9-23(41)42)52-17-37-10-6-11-48(37)15-18(39)13-37)28(43)25(27(30)38)20-7-8-22(40)31-24(20)21(14-44)33(54-31)47-35(50)53-36(2,3)4/h5,7-8,18-19,23H,1,6,9-13,15-17H2,2-4H3,(H,47,50)/t18-,19+,37+/m1/s1. The summed E-state index contributed by atoms with van der Waals surface area (Å²) in [4.78, 5) is 25.3. The third-order valence-corrected chi connectivity index (χ3v) is 11.4. The minimum absolute atomic E-state index is 0.00183. The van der Waals surface area contributed by atoms with E-state index in [9.17, 15) is 23.2 Å². The number of aromatic nitrogens is 2. The number of alkyl halides is 3. The fourth-order valence-corrected chi connectivity index (χ4v) is 9.02. The van der Waals surface area contributed by atoms with Crippen molar-refractivity contribution < 1.29 is 41.0 Å². The summed E-state index contributed by atoms with van der Waals surface area (Å²) in [5, 5.41) is 12.4. The topological polar surface area (TPSA) is 113 Å². The molecular formula is C37H36ClF5N6O4S. The fraction of sp³-hybridized carbons (Fsp3) is 0.459. The maximum atomic E-state index is 17.4. The van der Waals surface area contributed by atoms with Gasteiger partial charge < -0.3 is 19.1 Å². The second kappa shape index (κ2) is 14.3. The predicted molar refractivity (Wildman–Crippen MR) is 196 cm³/mol. The Balaban J connectivity index is 1.43. The van der Waals surface area contributed by atoms with Crippen molar-refractivity contribution in [2.24, 2.45) is 0 Å². The third-order valence-electron chi connectivity index (χ3n) is 9.89. The first kappa shape index (κ1) is 37.8. The van der Waals surface area contributed by atoms with Gasteiger partial charge in [0.25, 0.3) is 0 Å². The van der Waals surface area contributed by atoms with E-state index in [0.717, 1.165) is 23.8 Å². The van der Waals surface area contributed by atoms with Gasteiger partial charge in [0.05, 0.1) is 32.3 Å². The van der Waals surface area contributed by atoms with Gasteiger partial charge in [0.1, 0.15) is 53.2 Å². The Labute approximate surface area is 316 Å². The lowest BCUT2D eigenvalue weighted by Gasteiger charge is -2.31. The van der Waals surface area contributed by atoms with Gasteiger partial charge in [-0.3, -0.25) is 10.2 Å². The maximum Gasteiger partial charge on any atom is 0.412 e. The third kappa shape index (κ3) is 6.75. The minimum Gasteiger partial charge on any atom is -0.489 e. The van der Waals surface area contributed by atoms with Gasteiger partial charge in [0.2, 0.25) is 6.43 Å². The Kier molecular flexibility index (Phi) is 10.0. The van der Waals surface area contributed by atoms with E-state index in [2.05, 4.69) is 21.9 Å². The number of nitriles is 1. The van der Waals surface area contributed by atoms with Gasteiger partial charge in [0, 0.05) is 36.9 Å². The Morgan fingerprint density at radius 1 is 1.30 bits per heavy atom. The summed E-state index contributed by atoms with van der Waals surface area (Å²) in [6.45, 7) is 9.40. The molecule has 2 saturated heterocycles. The molecule has 4 aromatic rings. The largest absolute Gasteiger partial charge is 0.489 e.